The van der Waals surface area contributed by atoms with Crippen molar-refractivity contribution in [2.75, 3.05) is 51.6 Å². The maximum absolute atomic E-state index is 5.75. The van der Waals surface area contributed by atoms with Gasteiger partial charge in [-0.3, -0.25) is 4.90 Å². The Balaban J connectivity index is 1.64. The fraction of sp³-hybridized carbons (Fsp3) is 0.625. The summed E-state index contributed by atoms with van der Waals surface area (Å²) in [6.45, 7) is 12.1. The molecule has 0 spiro atoms. The first-order valence-electron chi connectivity index (χ1n) is 7.56. The second-order valence-electron chi connectivity index (χ2n) is 5.96. The van der Waals surface area contributed by atoms with Crippen LogP contribution >= 0.6 is 0 Å². The lowest BCUT2D eigenvalue weighted by atomic mass is 10.2. The van der Waals surface area contributed by atoms with E-state index in [1.165, 1.54) is 19.6 Å². The molecule has 0 aliphatic carbocycles. The molecule has 0 aromatic heterocycles. The number of nitrogen functional groups attached to an aromatic ring is 1. The van der Waals surface area contributed by atoms with Crippen LogP contribution in [0, 0.1) is 5.92 Å². The van der Waals surface area contributed by atoms with Crippen LogP contribution in [0.3, 0.4) is 0 Å². The average Bonchev–Trinajstić information content (AvgIpc) is 2.40. The third-order valence-corrected chi connectivity index (χ3v) is 3.62. The highest BCUT2D eigenvalue weighted by molar-refractivity contribution is 5.43. The molecule has 1 aliphatic rings. The first-order chi connectivity index (χ1) is 9.63. The normalized spacial score (nSPS) is 17.6. The molecule has 1 saturated heterocycles. The highest BCUT2D eigenvalue weighted by Crippen LogP contribution is 2.14. The number of hydrogen-bond acceptors (Lipinski definition) is 4. The van der Waals surface area contributed by atoms with Gasteiger partial charge in [0.15, 0.2) is 0 Å². The lowest BCUT2D eigenvalue weighted by Crippen LogP contribution is -2.48. The van der Waals surface area contributed by atoms with E-state index in [0.29, 0.717) is 0 Å². The van der Waals surface area contributed by atoms with Crippen molar-refractivity contribution in [3.05, 3.63) is 24.3 Å². The topological polar surface area (TPSA) is 41.7 Å². The molecule has 1 heterocycles. The summed E-state index contributed by atoms with van der Waals surface area (Å²) < 4.78 is 5.75. The van der Waals surface area contributed by atoms with Crippen LogP contribution in [0.15, 0.2) is 24.3 Å². The molecular formula is C16H27N3O. The quantitative estimate of drug-likeness (QED) is 0.807. The number of hydrogen-bond donors (Lipinski definition) is 1. The largest absolute Gasteiger partial charge is 0.492 e. The van der Waals surface area contributed by atoms with E-state index in [4.69, 9.17) is 10.5 Å². The van der Waals surface area contributed by atoms with Gasteiger partial charge in [-0.15, -0.1) is 0 Å². The van der Waals surface area contributed by atoms with E-state index in [1.807, 2.05) is 24.3 Å². The lowest BCUT2D eigenvalue weighted by molar-refractivity contribution is 0.109. The molecule has 1 aromatic rings. The molecule has 1 fully saturated rings. The number of nitrogens with zero attached hydrogens (tertiary/aromatic N) is 2. The molecule has 1 aromatic carbocycles. The Hall–Kier alpha value is -1.26. The van der Waals surface area contributed by atoms with E-state index >= 15 is 0 Å². The second-order valence-corrected chi connectivity index (χ2v) is 5.96. The molecule has 4 nitrogen and oxygen atoms in total. The Labute approximate surface area is 122 Å². The van der Waals surface area contributed by atoms with E-state index in [1.54, 1.807) is 0 Å². The zero-order valence-corrected chi connectivity index (χ0v) is 12.7. The Bertz CT molecular complexity index is 400. The van der Waals surface area contributed by atoms with Gasteiger partial charge in [0, 0.05) is 51.0 Å². The van der Waals surface area contributed by atoms with E-state index in [9.17, 15) is 0 Å². The molecule has 0 atom stereocenters. The summed E-state index contributed by atoms with van der Waals surface area (Å²) in [5, 5.41) is 0. The predicted octanol–water partition coefficient (Wildman–Crippen LogP) is 1.92. The highest BCUT2D eigenvalue weighted by atomic mass is 16.5. The lowest BCUT2D eigenvalue weighted by Gasteiger charge is -2.35. The third kappa shape index (κ3) is 5.02. The SMILES string of the molecule is CC(C)CN1CCN(CCOc2cccc(N)c2)CC1. The van der Waals surface area contributed by atoms with Crippen LogP contribution in [0.4, 0.5) is 5.69 Å². The van der Waals surface area contributed by atoms with Gasteiger partial charge >= 0.3 is 0 Å². The molecule has 1 aliphatic heterocycles. The first-order valence-corrected chi connectivity index (χ1v) is 7.56. The van der Waals surface area contributed by atoms with Crippen LogP contribution in [0.2, 0.25) is 0 Å². The summed E-state index contributed by atoms with van der Waals surface area (Å²) in [6, 6.07) is 7.63. The van der Waals surface area contributed by atoms with E-state index < -0.39 is 0 Å². The molecule has 4 heteroatoms. The molecule has 0 bridgehead atoms. The smallest absolute Gasteiger partial charge is 0.121 e. The van der Waals surface area contributed by atoms with E-state index in [-0.39, 0.29) is 0 Å². The van der Waals surface area contributed by atoms with Gasteiger partial charge < -0.3 is 15.4 Å². The van der Waals surface area contributed by atoms with Crippen molar-refractivity contribution in [2.45, 2.75) is 13.8 Å². The minimum Gasteiger partial charge on any atom is -0.492 e. The molecule has 2 N–H and O–H groups in total. The summed E-state index contributed by atoms with van der Waals surface area (Å²) in [5.74, 6) is 1.62. The Morgan fingerprint density at radius 2 is 1.85 bits per heavy atom. The number of piperazine rings is 1. The summed E-state index contributed by atoms with van der Waals surface area (Å²) in [7, 11) is 0. The monoisotopic (exact) mass is 277 g/mol. The zero-order valence-electron chi connectivity index (χ0n) is 12.7. The highest BCUT2D eigenvalue weighted by Gasteiger charge is 2.16. The molecule has 0 unspecified atom stereocenters. The maximum atomic E-state index is 5.75. The number of nitrogens with two attached hydrogens (primary N) is 1. The van der Waals surface area contributed by atoms with E-state index in [2.05, 4.69) is 23.6 Å². The minimum absolute atomic E-state index is 0.730. The number of anilines is 1. The standard InChI is InChI=1S/C16H27N3O/c1-14(2)13-19-8-6-18(7-9-19)10-11-20-16-5-3-4-15(17)12-16/h3-5,12,14H,6-11,13,17H2,1-2H3. The van der Waals surface area contributed by atoms with Crippen LogP contribution in [-0.4, -0.2) is 55.7 Å². The van der Waals surface area contributed by atoms with Crippen molar-refractivity contribution in [3.8, 4) is 5.75 Å². The van der Waals surface area contributed by atoms with Gasteiger partial charge in [0.2, 0.25) is 0 Å². The molecule has 2 rings (SSSR count). The van der Waals surface area contributed by atoms with Gasteiger partial charge in [-0.25, -0.2) is 0 Å². The van der Waals surface area contributed by atoms with Crippen LogP contribution in [-0.2, 0) is 0 Å². The average molecular weight is 277 g/mol. The van der Waals surface area contributed by atoms with Gasteiger partial charge in [-0.2, -0.15) is 0 Å². The van der Waals surface area contributed by atoms with Crippen LogP contribution in [0.1, 0.15) is 13.8 Å². The van der Waals surface area contributed by atoms with Crippen LogP contribution in [0.5, 0.6) is 5.75 Å². The molecule has 112 valence electrons. The van der Waals surface area contributed by atoms with Gasteiger partial charge in [0.1, 0.15) is 12.4 Å². The summed E-state index contributed by atoms with van der Waals surface area (Å²) >= 11 is 0. The fourth-order valence-electron chi connectivity index (χ4n) is 2.61. The van der Waals surface area contributed by atoms with Gasteiger partial charge in [0.05, 0.1) is 0 Å². The molecule has 20 heavy (non-hydrogen) atoms. The van der Waals surface area contributed by atoms with Crippen molar-refractivity contribution >= 4 is 5.69 Å². The summed E-state index contributed by atoms with van der Waals surface area (Å²) in [6.07, 6.45) is 0. The Morgan fingerprint density at radius 1 is 1.15 bits per heavy atom. The maximum Gasteiger partial charge on any atom is 0.121 e. The first kappa shape index (κ1) is 15.1. The predicted molar refractivity (Wildman–Crippen MR) is 84.1 cm³/mol. The Kier molecular flexibility index (Phi) is 5.68. The summed E-state index contributed by atoms with van der Waals surface area (Å²) in [4.78, 5) is 5.03. The second kappa shape index (κ2) is 7.50. The number of rotatable bonds is 6. The zero-order chi connectivity index (χ0) is 14.4. The van der Waals surface area contributed by atoms with Gasteiger partial charge in [-0.05, 0) is 18.1 Å². The van der Waals surface area contributed by atoms with Crippen molar-refractivity contribution in [1.29, 1.82) is 0 Å². The Morgan fingerprint density at radius 3 is 2.50 bits per heavy atom. The minimum atomic E-state index is 0.730. The number of benzene rings is 1. The fourth-order valence-corrected chi connectivity index (χ4v) is 2.61. The summed E-state index contributed by atoms with van der Waals surface area (Å²) in [5.41, 5.74) is 6.49. The van der Waals surface area contributed by atoms with Crippen molar-refractivity contribution in [3.63, 3.8) is 0 Å². The third-order valence-electron chi connectivity index (χ3n) is 3.62. The molecule has 0 saturated carbocycles. The van der Waals surface area contributed by atoms with Crippen LogP contribution < -0.4 is 10.5 Å². The van der Waals surface area contributed by atoms with Gasteiger partial charge in [0.25, 0.3) is 0 Å². The van der Waals surface area contributed by atoms with Gasteiger partial charge in [-0.1, -0.05) is 19.9 Å². The molecule has 0 amide bonds. The molecular weight excluding hydrogens is 250 g/mol. The van der Waals surface area contributed by atoms with Crippen molar-refractivity contribution in [1.82, 2.24) is 9.80 Å². The number of ether oxygens (including phenoxy) is 1. The van der Waals surface area contributed by atoms with Crippen molar-refractivity contribution < 1.29 is 4.74 Å². The molecule has 0 radical (unpaired) electrons. The van der Waals surface area contributed by atoms with E-state index in [0.717, 1.165) is 43.6 Å². The van der Waals surface area contributed by atoms with Crippen LogP contribution in [0.25, 0.3) is 0 Å². The van der Waals surface area contributed by atoms with Crippen molar-refractivity contribution in [2.24, 2.45) is 5.92 Å².